The predicted molar refractivity (Wildman–Crippen MR) is 51.1 cm³/mol. The maximum Gasteiger partial charge on any atom is 0.471 e. The molecule has 0 aromatic rings. The molecule has 0 aromatic heterocycles. The zero-order valence-electron chi connectivity index (χ0n) is 8.32. The normalized spacial score (nSPS) is 26.6. The molecule has 0 spiro atoms. The van der Waals surface area contributed by atoms with E-state index in [4.69, 9.17) is 5.11 Å². The van der Waals surface area contributed by atoms with E-state index in [0.29, 0.717) is 10.7 Å². The molecule has 2 atom stereocenters. The lowest BCUT2D eigenvalue weighted by Crippen LogP contribution is -2.58. The fourth-order valence-corrected chi connectivity index (χ4v) is 2.66. The van der Waals surface area contributed by atoms with Crippen molar-refractivity contribution in [3.05, 3.63) is 0 Å². The molecule has 0 bridgehead atoms. The minimum absolute atomic E-state index is 0.0124. The monoisotopic (exact) mass is 257 g/mol. The standard InChI is InChI=1S/C8H10F3NO3S/c1-4-2-16-3-5(6(13)14)12(4)7(15)8(9,10)11/h4-5H,2-3H2,1H3,(H,13,14). The molecule has 8 heteroatoms. The molecular weight excluding hydrogens is 247 g/mol. The van der Waals surface area contributed by atoms with Crippen LogP contribution in [-0.4, -0.2) is 51.6 Å². The third-order valence-electron chi connectivity index (χ3n) is 2.21. The van der Waals surface area contributed by atoms with Crippen molar-refractivity contribution in [2.45, 2.75) is 25.2 Å². The highest BCUT2D eigenvalue weighted by Gasteiger charge is 2.49. The lowest BCUT2D eigenvalue weighted by atomic mass is 10.2. The van der Waals surface area contributed by atoms with Crippen LogP contribution < -0.4 is 0 Å². The molecule has 0 radical (unpaired) electrons. The van der Waals surface area contributed by atoms with E-state index < -0.39 is 30.1 Å². The molecule has 92 valence electrons. The van der Waals surface area contributed by atoms with Gasteiger partial charge in [0.2, 0.25) is 0 Å². The SMILES string of the molecule is CC1CSCC(C(=O)O)N1C(=O)C(F)(F)F. The number of carbonyl (C=O) groups is 2. The van der Waals surface area contributed by atoms with Gasteiger partial charge in [0.15, 0.2) is 0 Å². The first-order chi connectivity index (χ1) is 7.25. The molecule has 1 heterocycles. The van der Waals surface area contributed by atoms with Gasteiger partial charge < -0.3 is 10.0 Å². The van der Waals surface area contributed by atoms with E-state index in [1.165, 1.54) is 18.7 Å². The molecule has 0 aliphatic carbocycles. The van der Waals surface area contributed by atoms with Gasteiger partial charge in [-0.15, -0.1) is 0 Å². The number of alkyl halides is 3. The number of thioether (sulfide) groups is 1. The summed E-state index contributed by atoms with van der Waals surface area (Å²) in [6.45, 7) is 1.41. The van der Waals surface area contributed by atoms with Crippen LogP contribution in [-0.2, 0) is 9.59 Å². The van der Waals surface area contributed by atoms with Crippen LogP contribution in [0.25, 0.3) is 0 Å². The van der Waals surface area contributed by atoms with E-state index in [1.54, 1.807) is 0 Å². The van der Waals surface area contributed by atoms with Crippen LogP contribution >= 0.6 is 11.8 Å². The van der Waals surface area contributed by atoms with Crippen LogP contribution in [0.1, 0.15) is 6.92 Å². The number of carboxylic acids is 1. The Morgan fingerprint density at radius 1 is 1.38 bits per heavy atom. The van der Waals surface area contributed by atoms with E-state index in [0.717, 1.165) is 0 Å². The van der Waals surface area contributed by atoms with Gasteiger partial charge in [-0.05, 0) is 6.92 Å². The Balaban J connectivity index is 2.95. The number of halogens is 3. The van der Waals surface area contributed by atoms with Crippen LogP contribution in [0, 0.1) is 0 Å². The summed E-state index contributed by atoms with van der Waals surface area (Å²) >= 11 is 1.23. The zero-order chi connectivity index (χ0) is 12.5. The van der Waals surface area contributed by atoms with Gasteiger partial charge in [-0.25, -0.2) is 4.79 Å². The average Bonchev–Trinajstić information content (AvgIpc) is 2.14. The molecular formula is C8H10F3NO3S. The summed E-state index contributed by atoms with van der Waals surface area (Å²) in [4.78, 5) is 22.3. The largest absolute Gasteiger partial charge is 0.480 e. The van der Waals surface area contributed by atoms with Crippen LogP contribution in [0.4, 0.5) is 13.2 Å². The van der Waals surface area contributed by atoms with Gasteiger partial charge in [-0.2, -0.15) is 24.9 Å². The summed E-state index contributed by atoms with van der Waals surface area (Å²) in [6.07, 6.45) is -5.02. The Kier molecular flexibility index (Phi) is 3.72. The topological polar surface area (TPSA) is 57.6 Å². The molecule has 1 fully saturated rings. The summed E-state index contributed by atoms with van der Waals surface area (Å²) in [5, 5.41) is 8.77. The fourth-order valence-electron chi connectivity index (χ4n) is 1.50. The Labute approximate surface area is 93.8 Å². The van der Waals surface area contributed by atoms with Crippen LogP contribution in [0.5, 0.6) is 0 Å². The summed E-state index contributed by atoms with van der Waals surface area (Å²) in [5.74, 6) is -3.18. The number of amides is 1. The summed E-state index contributed by atoms with van der Waals surface area (Å²) in [6, 6.07) is -2.13. The quantitative estimate of drug-likeness (QED) is 0.760. The molecule has 1 aliphatic heterocycles. The van der Waals surface area contributed by atoms with E-state index in [2.05, 4.69) is 0 Å². The van der Waals surface area contributed by atoms with Crippen molar-refractivity contribution in [2.75, 3.05) is 11.5 Å². The van der Waals surface area contributed by atoms with Crippen molar-refractivity contribution >= 4 is 23.6 Å². The smallest absolute Gasteiger partial charge is 0.471 e. The third kappa shape index (κ3) is 2.60. The van der Waals surface area contributed by atoms with Gasteiger partial charge >= 0.3 is 18.1 Å². The Morgan fingerprint density at radius 3 is 2.38 bits per heavy atom. The van der Waals surface area contributed by atoms with Crippen molar-refractivity contribution in [3.8, 4) is 0 Å². The fraction of sp³-hybridized carbons (Fsp3) is 0.750. The molecule has 16 heavy (non-hydrogen) atoms. The first-order valence-electron chi connectivity index (χ1n) is 4.45. The van der Waals surface area contributed by atoms with Gasteiger partial charge in [0.05, 0.1) is 0 Å². The number of nitrogens with zero attached hydrogens (tertiary/aromatic N) is 1. The molecule has 1 saturated heterocycles. The third-order valence-corrected chi connectivity index (χ3v) is 3.48. The molecule has 1 N–H and O–H groups in total. The highest BCUT2D eigenvalue weighted by atomic mass is 32.2. The Morgan fingerprint density at radius 2 is 1.94 bits per heavy atom. The van der Waals surface area contributed by atoms with Crippen molar-refractivity contribution < 1.29 is 27.9 Å². The van der Waals surface area contributed by atoms with Gasteiger partial charge in [0, 0.05) is 17.5 Å². The summed E-state index contributed by atoms with van der Waals surface area (Å²) < 4.78 is 36.8. The Hall–Kier alpha value is -0.920. The molecule has 0 saturated carbocycles. The molecule has 1 aliphatic rings. The lowest BCUT2D eigenvalue weighted by Gasteiger charge is -2.38. The second kappa shape index (κ2) is 4.52. The van der Waals surface area contributed by atoms with E-state index in [-0.39, 0.29) is 5.75 Å². The first-order valence-corrected chi connectivity index (χ1v) is 5.60. The van der Waals surface area contributed by atoms with Gasteiger partial charge in [-0.1, -0.05) is 0 Å². The minimum Gasteiger partial charge on any atom is -0.480 e. The Bertz CT molecular complexity index is 307. The number of aliphatic carboxylic acids is 1. The van der Waals surface area contributed by atoms with E-state index in [9.17, 15) is 22.8 Å². The highest BCUT2D eigenvalue weighted by Crippen LogP contribution is 2.28. The zero-order valence-corrected chi connectivity index (χ0v) is 9.14. The van der Waals surface area contributed by atoms with Crippen molar-refractivity contribution in [1.82, 2.24) is 4.90 Å². The number of carbonyl (C=O) groups excluding carboxylic acids is 1. The molecule has 0 aromatic carbocycles. The van der Waals surface area contributed by atoms with E-state index >= 15 is 0 Å². The summed E-state index contributed by atoms with van der Waals surface area (Å²) in [7, 11) is 0. The van der Waals surface area contributed by atoms with Gasteiger partial charge in [0.1, 0.15) is 6.04 Å². The molecule has 1 rings (SSSR count). The maximum atomic E-state index is 12.3. The summed E-state index contributed by atoms with van der Waals surface area (Å²) in [5.41, 5.74) is 0. The molecule has 1 amide bonds. The van der Waals surface area contributed by atoms with Crippen LogP contribution in [0.2, 0.25) is 0 Å². The predicted octanol–water partition coefficient (Wildman–Crippen LogP) is 0.966. The number of carboxylic acid groups (broad SMARTS) is 1. The van der Waals surface area contributed by atoms with Crippen molar-refractivity contribution in [1.29, 1.82) is 0 Å². The van der Waals surface area contributed by atoms with Crippen molar-refractivity contribution in [3.63, 3.8) is 0 Å². The van der Waals surface area contributed by atoms with Gasteiger partial charge in [-0.3, -0.25) is 4.79 Å². The average molecular weight is 257 g/mol. The van der Waals surface area contributed by atoms with Crippen LogP contribution in [0.3, 0.4) is 0 Å². The minimum atomic E-state index is -5.02. The second-order valence-corrected chi connectivity index (χ2v) is 4.53. The molecule has 2 unspecified atom stereocenters. The van der Waals surface area contributed by atoms with Crippen LogP contribution in [0.15, 0.2) is 0 Å². The lowest BCUT2D eigenvalue weighted by molar-refractivity contribution is -0.191. The van der Waals surface area contributed by atoms with E-state index in [1.807, 2.05) is 0 Å². The van der Waals surface area contributed by atoms with Crippen molar-refractivity contribution in [2.24, 2.45) is 0 Å². The molecule has 4 nitrogen and oxygen atoms in total. The number of hydrogen-bond donors (Lipinski definition) is 1. The maximum absolute atomic E-state index is 12.3. The highest BCUT2D eigenvalue weighted by molar-refractivity contribution is 7.99. The second-order valence-electron chi connectivity index (χ2n) is 3.45. The number of hydrogen-bond acceptors (Lipinski definition) is 3. The van der Waals surface area contributed by atoms with Gasteiger partial charge in [0.25, 0.3) is 0 Å². The number of rotatable bonds is 1. The first kappa shape index (κ1) is 13.1.